The number of allylic oxidation sites excluding steroid dienone is 1. The van der Waals surface area contributed by atoms with E-state index in [1.165, 1.54) is 76.7 Å². The third kappa shape index (κ3) is 15.2. The topological polar surface area (TPSA) is 61.8 Å². The fraction of sp³-hybridized carbons (Fsp3) is 0.415. The van der Waals surface area contributed by atoms with Gasteiger partial charge in [0.15, 0.2) is 5.78 Å². The van der Waals surface area contributed by atoms with Crippen LogP contribution in [0.1, 0.15) is 119 Å². The third-order valence-corrected chi connectivity index (χ3v) is 7.74. The van der Waals surface area contributed by atoms with E-state index in [1.54, 1.807) is 42.5 Å². The molecule has 0 heterocycles. The SMILES string of the molecule is CCCCCCCCCCOc1ccc(/C=C/C(=O)Oc2ccc(C(=O)/C=C/c3ccc(OCCCCCCC)cc3)cc2)cc1. The van der Waals surface area contributed by atoms with Gasteiger partial charge in [-0.2, -0.15) is 0 Å². The van der Waals surface area contributed by atoms with Crippen LogP contribution in [0.5, 0.6) is 17.2 Å². The highest BCUT2D eigenvalue weighted by atomic mass is 16.5. The van der Waals surface area contributed by atoms with E-state index in [4.69, 9.17) is 14.2 Å². The van der Waals surface area contributed by atoms with Crippen molar-refractivity contribution in [2.75, 3.05) is 13.2 Å². The molecule has 246 valence electrons. The lowest BCUT2D eigenvalue weighted by Gasteiger charge is -2.06. The Bertz CT molecular complexity index is 1320. The summed E-state index contributed by atoms with van der Waals surface area (Å²) in [7, 11) is 0. The lowest BCUT2D eigenvalue weighted by atomic mass is 10.1. The average Bonchev–Trinajstić information content (AvgIpc) is 3.08. The van der Waals surface area contributed by atoms with Gasteiger partial charge < -0.3 is 14.2 Å². The van der Waals surface area contributed by atoms with Gasteiger partial charge >= 0.3 is 5.97 Å². The predicted octanol–water partition coefficient (Wildman–Crippen LogP) is 11.1. The average molecular weight is 625 g/mol. The van der Waals surface area contributed by atoms with Crippen LogP contribution in [0.25, 0.3) is 12.2 Å². The molecule has 0 aliphatic rings. The van der Waals surface area contributed by atoms with E-state index in [2.05, 4.69) is 13.8 Å². The zero-order valence-corrected chi connectivity index (χ0v) is 27.9. The molecule has 0 spiro atoms. The second-order valence-corrected chi connectivity index (χ2v) is 11.7. The molecule has 0 atom stereocenters. The van der Waals surface area contributed by atoms with Gasteiger partial charge in [0.05, 0.1) is 13.2 Å². The molecule has 0 N–H and O–H groups in total. The molecule has 0 aromatic heterocycles. The molecule has 5 nitrogen and oxygen atoms in total. The molecule has 3 aromatic carbocycles. The van der Waals surface area contributed by atoms with Crippen molar-refractivity contribution in [1.82, 2.24) is 0 Å². The first-order chi connectivity index (χ1) is 22.6. The summed E-state index contributed by atoms with van der Waals surface area (Å²) >= 11 is 0. The third-order valence-electron chi connectivity index (χ3n) is 7.74. The molecule has 0 radical (unpaired) electrons. The molecule has 0 bridgehead atoms. The Balaban J connectivity index is 1.34. The number of hydrogen-bond donors (Lipinski definition) is 0. The second-order valence-electron chi connectivity index (χ2n) is 11.7. The minimum Gasteiger partial charge on any atom is -0.494 e. The van der Waals surface area contributed by atoms with Crippen molar-refractivity contribution in [2.24, 2.45) is 0 Å². The van der Waals surface area contributed by atoms with Gasteiger partial charge in [-0.05, 0) is 84.7 Å². The van der Waals surface area contributed by atoms with Crippen molar-refractivity contribution in [3.63, 3.8) is 0 Å². The van der Waals surface area contributed by atoms with Crippen LogP contribution in [0.3, 0.4) is 0 Å². The van der Waals surface area contributed by atoms with Gasteiger partial charge in [0.25, 0.3) is 0 Å². The minimum atomic E-state index is -0.488. The Kier molecular flexibility index (Phi) is 17.7. The van der Waals surface area contributed by atoms with Gasteiger partial charge in [-0.25, -0.2) is 4.79 Å². The maximum atomic E-state index is 12.7. The van der Waals surface area contributed by atoms with Crippen LogP contribution in [0.15, 0.2) is 84.9 Å². The number of benzene rings is 3. The van der Waals surface area contributed by atoms with E-state index < -0.39 is 5.97 Å². The molecule has 0 aliphatic heterocycles. The monoisotopic (exact) mass is 624 g/mol. The van der Waals surface area contributed by atoms with Crippen LogP contribution in [0.4, 0.5) is 0 Å². The van der Waals surface area contributed by atoms with E-state index in [-0.39, 0.29) is 5.78 Å². The summed E-state index contributed by atoms with van der Waals surface area (Å²) in [6, 6.07) is 22.0. The van der Waals surface area contributed by atoms with Gasteiger partial charge in [0.1, 0.15) is 17.2 Å². The molecule has 3 aromatic rings. The highest BCUT2D eigenvalue weighted by Gasteiger charge is 2.05. The molecule has 46 heavy (non-hydrogen) atoms. The lowest BCUT2D eigenvalue weighted by molar-refractivity contribution is -0.128. The molecule has 3 rings (SSSR count). The van der Waals surface area contributed by atoms with Crippen LogP contribution in [0.2, 0.25) is 0 Å². The summed E-state index contributed by atoms with van der Waals surface area (Å²) in [5.74, 6) is 1.43. The number of ketones is 1. The number of carbonyl (C=O) groups is 2. The summed E-state index contributed by atoms with van der Waals surface area (Å²) in [6.07, 6.45) is 22.7. The molecular weight excluding hydrogens is 572 g/mol. The van der Waals surface area contributed by atoms with Gasteiger partial charge in [-0.3, -0.25) is 4.79 Å². The standard InChI is InChI=1S/C41H52O5/c1-3-5-7-9-10-11-13-15-33-45-38-26-18-35(19-27-38)21-31-41(43)46-39-28-22-36(23-29-39)40(42)30-20-34-16-24-37(25-17-34)44-32-14-12-8-6-4-2/h16-31H,3-15,32-33H2,1-2H3/b30-20+,31-21+. The lowest BCUT2D eigenvalue weighted by Crippen LogP contribution is -2.04. The number of esters is 1. The molecule has 0 saturated heterocycles. The molecule has 0 saturated carbocycles. The van der Waals surface area contributed by atoms with E-state index in [9.17, 15) is 9.59 Å². The zero-order chi connectivity index (χ0) is 32.7. The zero-order valence-electron chi connectivity index (χ0n) is 27.9. The summed E-state index contributed by atoms with van der Waals surface area (Å²) < 4.78 is 17.1. The van der Waals surface area contributed by atoms with Crippen LogP contribution >= 0.6 is 0 Å². The van der Waals surface area contributed by atoms with Crippen LogP contribution in [-0.4, -0.2) is 25.0 Å². The van der Waals surface area contributed by atoms with E-state index >= 15 is 0 Å². The Morgan fingerprint density at radius 2 is 0.913 bits per heavy atom. The normalized spacial score (nSPS) is 11.3. The van der Waals surface area contributed by atoms with Crippen molar-refractivity contribution >= 4 is 23.9 Å². The molecule has 0 unspecified atom stereocenters. The van der Waals surface area contributed by atoms with Gasteiger partial charge in [-0.1, -0.05) is 115 Å². The van der Waals surface area contributed by atoms with E-state index in [1.807, 2.05) is 48.5 Å². The van der Waals surface area contributed by atoms with Gasteiger partial charge in [0, 0.05) is 11.6 Å². The van der Waals surface area contributed by atoms with Crippen molar-refractivity contribution in [3.05, 3.63) is 102 Å². The predicted molar refractivity (Wildman–Crippen MR) is 190 cm³/mol. The number of carbonyl (C=O) groups excluding carboxylic acids is 2. The van der Waals surface area contributed by atoms with Gasteiger partial charge in [0.2, 0.25) is 0 Å². The Morgan fingerprint density at radius 1 is 0.500 bits per heavy atom. The first-order valence-corrected chi connectivity index (χ1v) is 17.3. The molecule has 5 heteroatoms. The maximum Gasteiger partial charge on any atom is 0.336 e. The first kappa shape index (κ1) is 36.3. The quantitative estimate of drug-likeness (QED) is 0.0345. The number of unbranched alkanes of at least 4 members (excludes halogenated alkanes) is 11. The minimum absolute atomic E-state index is 0.129. The van der Waals surface area contributed by atoms with Crippen LogP contribution in [0, 0.1) is 0 Å². The Morgan fingerprint density at radius 3 is 1.39 bits per heavy atom. The Labute approximate surface area is 276 Å². The molecule has 0 amide bonds. The van der Waals surface area contributed by atoms with Crippen LogP contribution < -0.4 is 14.2 Å². The molecular formula is C41H52O5. The fourth-order valence-electron chi connectivity index (χ4n) is 4.94. The Hall–Kier alpha value is -4.12. The smallest absolute Gasteiger partial charge is 0.336 e. The van der Waals surface area contributed by atoms with E-state index in [0.29, 0.717) is 11.3 Å². The van der Waals surface area contributed by atoms with Crippen molar-refractivity contribution < 1.29 is 23.8 Å². The summed E-state index contributed by atoms with van der Waals surface area (Å²) in [5, 5.41) is 0. The first-order valence-electron chi connectivity index (χ1n) is 17.3. The number of hydrogen-bond acceptors (Lipinski definition) is 5. The molecule has 0 aliphatic carbocycles. The van der Waals surface area contributed by atoms with Crippen LogP contribution in [-0.2, 0) is 4.79 Å². The highest BCUT2D eigenvalue weighted by molar-refractivity contribution is 6.06. The second kappa shape index (κ2) is 22.4. The summed E-state index contributed by atoms with van der Waals surface area (Å²) in [4.78, 5) is 25.0. The fourth-order valence-corrected chi connectivity index (χ4v) is 4.94. The molecule has 0 fully saturated rings. The van der Waals surface area contributed by atoms with Crippen molar-refractivity contribution in [3.8, 4) is 17.2 Å². The van der Waals surface area contributed by atoms with Crippen molar-refractivity contribution in [1.29, 1.82) is 0 Å². The van der Waals surface area contributed by atoms with Gasteiger partial charge in [-0.15, -0.1) is 0 Å². The maximum absolute atomic E-state index is 12.7. The van der Waals surface area contributed by atoms with Crippen molar-refractivity contribution in [2.45, 2.75) is 97.3 Å². The number of rotatable bonds is 23. The summed E-state index contributed by atoms with van der Waals surface area (Å²) in [5.41, 5.74) is 2.31. The largest absolute Gasteiger partial charge is 0.494 e. The summed E-state index contributed by atoms with van der Waals surface area (Å²) in [6.45, 7) is 5.90. The number of ether oxygens (including phenoxy) is 3. The van der Waals surface area contributed by atoms with E-state index in [0.717, 1.165) is 48.7 Å². The highest BCUT2D eigenvalue weighted by Crippen LogP contribution is 2.18.